The zero-order valence-electron chi connectivity index (χ0n) is 13.8. The number of hydrogen-bond acceptors (Lipinski definition) is 4. The minimum atomic E-state index is -0.892. The molecule has 1 aromatic carbocycles. The zero-order valence-corrected chi connectivity index (χ0v) is 13.8. The summed E-state index contributed by atoms with van der Waals surface area (Å²) in [5.41, 5.74) is 1.89. The highest BCUT2D eigenvalue weighted by atomic mass is 16.4. The fraction of sp³-hybridized carbons (Fsp3) is 0.222. The van der Waals surface area contributed by atoms with Gasteiger partial charge < -0.3 is 14.8 Å². The Labute approximate surface area is 145 Å². The van der Waals surface area contributed by atoms with Gasteiger partial charge in [0.05, 0.1) is 25.0 Å². The van der Waals surface area contributed by atoms with Crippen molar-refractivity contribution >= 4 is 11.8 Å². The van der Waals surface area contributed by atoms with E-state index in [1.807, 2.05) is 37.3 Å². The summed E-state index contributed by atoms with van der Waals surface area (Å²) in [7, 11) is 0. The molecule has 3 N–H and O–H groups in total. The Morgan fingerprint density at radius 2 is 2.08 bits per heavy atom. The van der Waals surface area contributed by atoms with E-state index in [1.54, 1.807) is 22.9 Å². The lowest BCUT2D eigenvalue weighted by atomic mass is 10.2. The number of aliphatic hydroxyl groups excluding tert-OH is 1. The molecule has 0 bridgehead atoms. The third-order valence-corrected chi connectivity index (χ3v) is 3.65. The van der Waals surface area contributed by atoms with Crippen LogP contribution < -0.4 is 10.6 Å². The van der Waals surface area contributed by atoms with Gasteiger partial charge in [-0.25, -0.2) is 9.48 Å². The molecule has 25 heavy (non-hydrogen) atoms. The highest BCUT2D eigenvalue weighted by Crippen LogP contribution is 2.14. The van der Waals surface area contributed by atoms with E-state index in [-0.39, 0.29) is 6.54 Å². The van der Waals surface area contributed by atoms with Gasteiger partial charge in [-0.1, -0.05) is 30.3 Å². The Morgan fingerprint density at radius 3 is 2.80 bits per heavy atom. The van der Waals surface area contributed by atoms with Crippen LogP contribution in [-0.4, -0.2) is 27.5 Å². The van der Waals surface area contributed by atoms with Crippen molar-refractivity contribution in [3.05, 3.63) is 71.8 Å². The predicted octanol–water partition coefficient (Wildman–Crippen LogP) is 2.69. The van der Waals surface area contributed by atoms with Crippen LogP contribution in [0.3, 0.4) is 0 Å². The number of nitrogens with one attached hydrogen (secondary N) is 2. The lowest BCUT2D eigenvalue weighted by Crippen LogP contribution is -2.33. The predicted molar refractivity (Wildman–Crippen MR) is 93.2 cm³/mol. The first-order chi connectivity index (χ1) is 12.1. The molecular weight excluding hydrogens is 320 g/mol. The number of amides is 2. The van der Waals surface area contributed by atoms with Gasteiger partial charge in [-0.05, 0) is 24.6 Å². The first-order valence-electron chi connectivity index (χ1n) is 7.96. The number of benzene rings is 1. The SMILES string of the molecule is Cc1cc(NC(=O)NCC(O)c2ccco2)n(Cc2ccccc2)n1. The summed E-state index contributed by atoms with van der Waals surface area (Å²) < 4.78 is 6.83. The van der Waals surface area contributed by atoms with Crippen LogP contribution in [0.25, 0.3) is 0 Å². The van der Waals surface area contributed by atoms with Gasteiger partial charge in [-0.2, -0.15) is 5.10 Å². The van der Waals surface area contributed by atoms with Gasteiger partial charge in [0.1, 0.15) is 17.7 Å². The molecule has 0 fully saturated rings. The van der Waals surface area contributed by atoms with Crippen molar-refractivity contribution in [2.24, 2.45) is 0 Å². The second kappa shape index (κ2) is 7.67. The minimum absolute atomic E-state index is 0.0468. The maximum atomic E-state index is 12.1. The summed E-state index contributed by atoms with van der Waals surface area (Å²) in [6.07, 6.45) is 0.584. The molecule has 0 aliphatic heterocycles. The van der Waals surface area contributed by atoms with Crippen LogP contribution in [0.5, 0.6) is 0 Å². The minimum Gasteiger partial charge on any atom is -0.467 e. The molecule has 0 saturated heterocycles. The number of aromatic nitrogens is 2. The summed E-state index contributed by atoms with van der Waals surface area (Å²) in [5, 5.41) is 19.7. The summed E-state index contributed by atoms with van der Waals surface area (Å²) in [4.78, 5) is 12.1. The number of carbonyl (C=O) groups excluding carboxylic acids is 1. The van der Waals surface area contributed by atoms with Crippen molar-refractivity contribution in [1.82, 2.24) is 15.1 Å². The van der Waals surface area contributed by atoms with Crippen molar-refractivity contribution < 1.29 is 14.3 Å². The van der Waals surface area contributed by atoms with Gasteiger partial charge in [0.2, 0.25) is 0 Å². The standard InChI is InChI=1S/C18H20N4O3/c1-13-10-17(22(21-13)12-14-6-3-2-4-7-14)20-18(24)19-11-15(23)16-8-5-9-25-16/h2-10,15,23H,11-12H2,1H3,(H2,19,20,24). The number of nitrogens with zero attached hydrogens (tertiary/aromatic N) is 2. The monoisotopic (exact) mass is 340 g/mol. The molecule has 3 rings (SSSR count). The maximum Gasteiger partial charge on any atom is 0.320 e. The van der Waals surface area contributed by atoms with E-state index in [2.05, 4.69) is 15.7 Å². The Hall–Kier alpha value is -3.06. The smallest absolute Gasteiger partial charge is 0.320 e. The quantitative estimate of drug-likeness (QED) is 0.643. The van der Waals surface area contributed by atoms with E-state index in [0.29, 0.717) is 18.1 Å². The van der Waals surface area contributed by atoms with E-state index < -0.39 is 12.1 Å². The van der Waals surface area contributed by atoms with Crippen LogP contribution in [0.2, 0.25) is 0 Å². The molecule has 1 unspecified atom stereocenters. The molecule has 2 amide bonds. The van der Waals surface area contributed by atoms with Crippen molar-refractivity contribution in [2.75, 3.05) is 11.9 Å². The fourth-order valence-electron chi connectivity index (χ4n) is 2.45. The Morgan fingerprint density at radius 1 is 1.28 bits per heavy atom. The largest absolute Gasteiger partial charge is 0.467 e. The van der Waals surface area contributed by atoms with Gasteiger partial charge in [-0.15, -0.1) is 0 Å². The molecule has 0 aliphatic rings. The van der Waals surface area contributed by atoms with Gasteiger partial charge in [0.25, 0.3) is 0 Å². The number of furan rings is 1. The Kier molecular flexibility index (Phi) is 5.15. The highest BCUT2D eigenvalue weighted by molar-refractivity contribution is 5.88. The lowest BCUT2D eigenvalue weighted by Gasteiger charge is -2.12. The lowest BCUT2D eigenvalue weighted by molar-refractivity contribution is 0.149. The molecule has 7 heteroatoms. The maximum absolute atomic E-state index is 12.1. The molecule has 2 aromatic heterocycles. The second-order valence-electron chi connectivity index (χ2n) is 5.68. The van der Waals surface area contributed by atoms with E-state index in [9.17, 15) is 9.90 Å². The van der Waals surface area contributed by atoms with Crippen molar-refractivity contribution in [3.63, 3.8) is 0 Å². The summed E-state index contributed by atoms with van der Waals surface area (Å²) in [6, 6.07) is 14.6. The first-order valence-corrected chi connectivity index (χ1v) is 7.96. The van der Waals surface area contributed by atoms with E-state index >= 15 is 0 Å². The Bertz CT molecular complexity index is 812. The molecule has 0 aliphatic carbocycles. The van der Waals surface area contributed by atoms with E-state index in [4.69, 9.17) is 4.42 Å². The molecule has 0 spiro atoms. The van der Waals surface area contributed by atoms with Crippen LogP contribution in [-0.2, 0) is 6.54 Å². The van der Waals surface area contributed by atoms with Crippen LogP contribution >= 0.6 is 0 Å². The molecule has 3 aromatic rings. The molecule has 1 atom stereocenters. The van der Waals surface area contributed by atoms with Crippen molar-refractivity contribution in [3.8, 4) is 0 Å². The average molecular weight is 340 g/mol. The zero-order chi connectivity index (χ0) is 17.6. The first kappa shape index (κ1) is 16.8. The molecule has 7 nitrogen and oxygen atoms in total. The number of aliphatic hydroxyl groups is 1. The van der Waals surface area contributed by atoms with Crippen molar-refractivity contribution in [2.45, 2.75) is 19.6 Å². The number of carbonyl (C=O) groups is 1. The van der Waals surface area contributed by atoms with Gasteiger partial charge >= 0.3 is 6.03 Å². The molecule has 2 heterocycles. The van der Waals surface area contributed by atoms with Gasteiger partial charge in [0, 0.05) is 6.07 Å². The molecule has 0 saturated carbocycles. The van der Waals surface area contributed by atoms with Gasteiger partial charge in [0.15, 0.2) is 0 Å². The highest BCUT2D eigenvalue weighted by Gasteiger charge is 2.13. The molecular formula is C18H20N4O3. The number of anilines is 1. The number of hydrogen-bond donors (Lipinski definition) is 3. The Balaban J connectivity index is 1.59. The van der Waals surface area contributed by atoms with Crippen LogP contribution in [0, 0.1) is 6.92 Å². The fourth-order valence-corrected chi connectivity index (χ4v) is 2.45. The van der Waals surface area contributed by atoms with Gasteiger partial charge in [-0.3, -0.25) is 5.32 Å². The topological polar surface area (TPSA) is 92.3 Å². The van der Waals surface area contributed by atoms with E-state index in [1.165, 1.54) is 6.26 Å². The third-order valence-electron chi connectivity index (χ3n) is 3.65. The average Bonchev–Trinajstić information content (AvgIpc) is 3.24. The third kappa shape index (κ3) is 4.48. The van der Waals surface area contributed by atoms with Crippen molar-refractivity contribution in [1.29, 1.82) is 0 Å². The normalized spacial score (nSPS) is 11.9. The number of urea groups is 1. The molecule has 130 valence electrons. The summed E-state index contributed by atoms with van der Waals surface area (Å²) in [6.45, 7) is 2.47. The number of rotatable bonds is 6. The second-order valence-corrected chi connectivity index (χ2v) is 5.68. The summed E-state index contributed by atoms with van der Waals surface area (Å²) >= 11 is 0. The number of aryl methyl sites for hydroxylation is 1. The van der Waals surface area contributed by atoms with Crippen LogP contribution in [0.15, 0.2) is 59.2 Å². The molecule has 0 radical (unpaired) electrons. The van der Waals surface area contributed by atoms with E-state index in [0.717, 1.165) is 11.3 Å². The summed E-state index contributed by atoms with van der Waals surface area (Å²) in [5.74, 6) is 0.997. The van der Waals surface area contributed by atoms with Crippen LogP contribution in [0.4, 0.5) is 10.6 Å². The van der Waals surface area contributed by atoms with Crippen LogP contribution in [0.1, 0.15) is 23.1 Å².